The van der Waals surface area contributed by atoms with E-state index in [9.17, 15) is 4.79 Å². The predicted molar refractivity (Wildman–Crippen MR) is 47.4 cm³/mol. The summed E-state index contributed by atoms with van der Waals surface area (Å²) in [6, 6.07) is 1.98. The summed E-state index contributed by atoms with van der Waals surface area (Å²) in [7, 11) is 0. The Kier molecular flexibility index (Phi) is 7.36. The molecule has 0 spiro atoms. The van der Waals surface area contributed by atoms with Crippen LogP contribution in [0.5, 0.6) is 0 Å². The van der Waals surface area contributed by atoms with Crippen LogP contribution in [0.2, 0.25) is 0 Å². The molecule has 0 aliphatic heterocycles. The third-order valence-electron chi connectivity index (χ3n) is 1.57. The molecule has 0 aromatic heterocycles. The van der Waals surface area contributed by atoms with E-state index >= 15 is 0 Å². The Bertz CT molecular complexity index is 160. The predicted octanol–water partition coefficient (Wildman–Crippen LogP) is 1.60. The molecular formula is C9H16N2O. The van der Waals surface area contributed by atoms with Crippen molar-refractivity contribution in [1.29, 1.82) is 5.26 Å². The monoisotopic (exact) mass is 168 g/mol. The summed E-state index contributed by atoms with van der Waals surface area (Å²) in [4.78, 5) is 11.0. The summed E-state index contributed by atoms with van der Waals surface area (Å²) in [6.45, 7) is 2.59. The maximum atomic E-state index is 11.0. The number of nitriles is 1. The zero-order chi connectivity index (χ0) is 9.23. The smallest absolute Gasteiger partial charge is 0.220 e. The fourth-order valence-corrected chi connectivity index (χ4v) is 0.882. The van der Waals surface area contributed by atoms with Gasteiger partial charge in [-0.25, -0.2) is 0 Å². The molecule has 3 heteroatoms. The molecule has 1 amide bonds. The van der Waals surface area contributed by atoms with Gasteiger partial charge in [0.1, 0.15) is 0 Å². The number of unbranched alkanes of at least 4 members (excludes halogenated alkanes) is 2. The highest BCUT2D eigenvalue weighted by molar-refractivity contribution is 5.75. The first-order valence-electron chi connectivity index (χ1n) is 4.45. The van der Waals surface area contributed by atoms with Crippen LogP contribution in [0.3, 0.4) is 0 Å². The van der Waals surface area contributed by atoms with Crippen molar-refractivity contribution in [3.63, 3.8) is 0 Å². The fourth-order valence-electron chi connectivity index (χ4n) is 0.882. The molecule has 3 nitrogen and oxygen atoms in total. The molecule has 0 saturated carbocycles. The van der Waals surface area contributed by atoms with Crippen LogP contribution < -0.4 is 5.32 Å². The third-order valence-corrected chi connectivity index (χ3v) is 1.57. The Labute approximate surface area is 73.8 Å². The lowest BCUT2D eigenvalue weighted by Crippen LogP contribution is -2.23. The number of carbonyl (C=O) groups is 1. The number of nitrogens with one attached hydrogen (secondary N) is 1. The Morgan fingerprint density at radius 1 is 1.50 bits per heavy atom. The van der Waals surface area contributed by atoms with Crippen molar-refractivity contribution in [2.45, 2.75) is 39.0 Å². The number of carbonyl (C=O) groups excluding carboxylic acids is 1. The van der Waals surface area contributed by atoms with E-state index < -0.39 is 0 Å². The summed E-state index contributed by atoms with van der Waals surface area (Å²) < 4.78 is 0. The topological polar surface area (TPSA) is 52.9 Å². The first kappa shape index (κ1) is 11.0. The minimum atomic E-state index is 0.0682. The van der Waals surface area contributed by atoms with Gasteiger partial charge in [0, 0.05) is 13.0 Å². The molecule has 0 aromatic carbocycles. The van der Waals surface area contributed by atoms with E-state index in [1.807, 2.05) is 6.07 Å². The number of amides is 1. The number of hydrogen-bond donors (Lipinski definition) is 1. The minimum absolute atomic E-state index is 0.0682. The standard InChI is InChI=1S/C9H16N2O/c1-2-3-4-6-9(12)11-8-5-7-10/h2-6,8H2,1H3,(H,11,12). The molecule has 0 bridgehead atoms. The molecule has 0 aliphatic rings. The van der Waals surface area contributed by atoms with Crippen LogP contribution in [0.1, 0.15) is 39.0 Å². The third kappa shape index (κ3) is 7.07. The molecule has 0 saturated heterocycles. The van der Waals surface area contributed by atoms with Gasteiger partial charge in [0.15, 0.2) is 0 Å². The lowest BCUT2D eigenvalue weighted by Gasteiger charge is -2.00. The molecule has 68 valence electrons. The minimum Gasteiger partial charge on any atom is -0.355 e. The lowest BCUT2D eigenvalue weighted by atomic mass is 10.2. The molecule has 12 heavy (non-hydrogen) atoms. The highest BCUT2D eigenvalue weighted by Crippen LogP contribution is 1.97. The van der Waals surface area contributed by atoms with Gasteiger partial charge in [0.05, 0.1) is 12.5 Å². The molecule has 0 rings (SSSR count). The average molecular weight is 168 g/mol. The second kappa shape index (κ2) is 8.06. The van der Waals surface area contributed by atoms with Crippen LogP contribution in [-0.2, 0) is 4.79 Å². The fraction of sp³-hybridized carbons (Fsp3) is 0.778. The second-order valence-corrected chi connectivity index (χ2v) is 2.72. The van der Waals surface area contributed by atoms with Crippen molar-refractivity contribution in [2.75, 3.05) is 6.54 Å². The van der Waals surface area contributed by atoms with E-state index in [0.717, 1.165) is 19.3 Å². The normalized spacial score (nSPS) is 9.00. The van der Waals surface area contributed by atoms with Crippen molar-refractivity contribution in [3.8, 4) is 6.07 Å². The maximum absolute atomic E-state index is 11.0. The summed E-state index contributed by atoms with van der Waals surface area (Å²) in [5.41, 5.74) is 0. The Morgan fingerprint density at radius 3 is 2.83 bits per heavy atom. The van der Waals surface area contributed by atoms with Crippen LogP contribution in [0.4, 0.5) is 0 Å². The van der Waals surface area contributed by atoms with Crippen LogP contribution in [0, 0.1) is 11.3 Å². The quantitative estimate of drug-likeness (QED) is 0.612. The zero-order valence-electron chi connectivity index (χ0n) is 7.60. The Balaban J connectivity index is 3.17. The van der Waals surface area contributed by atoms with E-state index in [0.29, 0.717) is 19.4 Å². The van der Waals surface area contributed by atoms with Gasteiger partial charge in [-0.1, -0.05) is 19.8 Å². The zero-order valence-corrected chi connectivity index (χ0v) is 7.60. The highest BCUT2D eigenvalue weighted by atomic mass is 16.1. The lowest BCUT2D eigenvalue weighted by molar-refractivity contribution is -0.121. The summed E-state index contributed by atoms with van der Waals surface area (Å²) in [6.07, 6.45) is 4.19. The summed E-state index contributed by atoms with van der Waals surface area (Å²) in [5.74, 6) is 0.0682. The molecule has 0 unspecified atom stereocenters. The molecule has 0 radical (unpaired) electrons. The SMILES string of the molecule is CCCCCC(=O)NCCC#N. The van der Waals surface area contributed by atoms with E-state index in [-0.39, 0.29) is 5.91 Å². The molecule has 0 aliphatic carbocycles. The molecule has 0 heterocycles. The van der Waals surface area contributed by atoms with Crippen molar-refractivity contribution in [3.05, 3.63) is 0 Å². The Morgan fingerprint density at radius 2 is 2.25 bits per heavy atom. The van der Waals surface area contributed by atoms with E-state index in [4.69, 9.17) is 5.26 Å². The van der Waals surface area contributed by atoms with Crippen LogP contribution >= 0.6 is 0 Å². The van der Waals surface area contributed by atoms with Crippen LogP contribution in [0.25, 0.3) is 0 Å². The summed E-state index contributed by atoms with van der Waals surface area (Å²) in [5, 5.41) is 10.9. The van der Waals surface area contributed by atoms with Gasteiger partial charge in [-0.2, -0.15) is 5.26 Å². The van der Waals surface area contributed by atoms with Gasteiger partial charge in [-0.05, 0) is 6.42 Å². The Hall–Kier alpha value is -1.04. The van der Waals surface area contributed by atoms with E-state index in [1.165, 1.54) is 0 Å². The first-order valence-corrected chi connectivity index (χ1v) is 4.45. The molecule has 0 fully saturated rings. The van der Waals surface area contributed by atoms with Crippen LogP contribution in [0.15, 0.2) is 0 Å². The van der Waals surface area contributed by atoms with Crippen LogP contribution in [-0.4, -0.2) is 12.5 Å². The van der Waals surface area contributed by atoms with Gasteiger partial charge in [-0.3, -0.25) is 4.79 Å². The molecular weight excluding hydrogens is 152 g/mol. The molecule has 0 aromatic rings. The van der Waals surface area contributed by atoms with Gasteiger partial charge in [0.25, 0.3) is 0 Å². The van der Waals surface area contributed by atoms with E-state index in [2.05, 4.69) is 12.2 Å². The second-order valence-electron chi connectivity index (χ2n) is 2.72. The average Bonchev–Trinajstić information content (AvgIpc) is 2.06. The molecule has 1 N–H and O–H groups in total. The van der Waals surface area contributed by atoms with Crippen molar-refractivity contribution in [2.24, 2.45) is 0 Å². The van der Waals surface area contributed by atoms with Crippen molar-refractivity contribution >= 4 is 5.91 Å². The van der Waals surface area contributed by atoms with Crippen molar-refractivity contribution < 1.29 is 4.79 Å². The maximum Gasteiger partial charge on any atom is 0.220 e. The van der Waals surface area contributed by atoms with Gasteiger partial charge < -0.3 is 5.32 Å². The van der Waals surface area contributed by atoms with Gasteiger partial charge in [0.2, 0.25) is 5.91 Å². The molecule has 0 atom stereocenters. The first-order chi connectivity index (χ1) is 5.81. The highest BCUT2D eigenvalue weighted by Gasteiger charge is 1.98. The largest absolute Gasteiger partial charge is 0.355 e. The number of hydrogen-bond acceptors (Lipinski definition) is 2. The number of rotatable bonds is 6. The van der Waals surface area contributed by atoms with Gasteiger partial charge >= 0.3 is 0 Å². The summed E-state index contributed by atoms with van der Waals surface area (Å²) >= 11 is 0. The van der Waals surface area contributed by atoms with Crippen molar-refractivity contribution in [1.82, 2.24) is 5.32 Å². The van der Waals surface area contributed by atoms with Gasteiger partial charge in [-0.15, -0.1) is 0 Å². The number of nitrogens with zero attached hydrogens (tertiary/aromatic N) is 1. The van der Waals surface area contributed by atoms with E-state index in [1.54, 1.807) is 0 Å².